The maximum absolute atomic E-state index is 6.54. The molecule has 19 heavy (non-hydrogen) atoms. The molecular formula is C14H10Br3ClO. The quantitative estimate of drug-likeness (QED) is 0.479. The molecule has 0 saturated heterocycles. The van der Waals surface area contributed by atoms with Crippen LogP contribution in [0, 0.1) is 0 Å². The Balaban J connectivity index is 2.38. The van der Waals surface area contributed by atoms with Crippen molar-refractivity contribution >= 4 is 59.4 Å². The van der Waals surface area contributed by atoms with Crippen LogP contribution in [0.25, 0.3) is 0 Å². The van der Waals surface area contributed by atoms with Crippen molar-refractivity contribution in [3.05, 3.63) is 60.9 Å². The Morgan fingerprint density at radius 1 is 0.947 bits per heavy atom. The van der Waals surface area contributed by atoms with Gasteiger partial charge in [0, 0.05) is 8.95 Å². The molecule has 5 heteroatoms. The average molecular weight is 469 g/mol. The van der Waals surface area contributed by atoms with E-state index in [1.54, 1.807) is 7.11 Å². The lowest BCUT2D eigenvalue weighted by Gasteiger charge is -2.13. The highest BCUT2D eigenvalue weighted by Gasteiger charge is 2.14. The molecule has 0 heterocycles. The molecule has 2 aromatic carbocycles. The number of hydrogen-bond acceptors (Lipinski definition) is 1. The van der Waals surface area contributed by atoms with Crippen LogP contribution >= 0.6 is 59.4 Å². The van der Waals surface area contributed by atoms with E-state index in [0.717, 1.165) is 30.3 Å². The van der Waals surface area contributed by atoms with E-state index in [0.29, 0.717) is 0 Å². The van der Waals surface area contributed by atoms with Gasteiger partial charge < -0.3 is 4.74 Å². The number of ether oxygens (including phenoxy) is 1. The van der Waals surface area contributed by atoms with E-state index >= 15 is 0 Å². The predicted molar refractivity (Wildman–Crippen MR) is 90.2 cm³/mol. The van der Waals surface area contributed by atoms with Crippen LogP contribution < -0.4 is 4.74 Å². The highest BCUT2D eigenvalue weighted by atomic mass is 79.9. The lowest BCUT2D eigenvalue weighted by Crippen LogP contribution is -1.95. The van der Waals surface area contributed by atoms with Crippen molar-refractivity contribution in [1.29, 1.82) is 0 Å². The van der Waals surface area contributed by atoms with Crippen molar-refractivity contribution in [3.63, 3.8) is 0 Å². The molecule has 0 aliphatic rings. The molecule has 2 aromatic rings. The van der Waals surface area contributed by atoms with Crippen molar-refractivity contribution in [2.24, 2.45) is 0 Å². The summed E-state index contributed by atoms with van der Waals surface area (Å²) in [4.78, 5) is 0. The number of hydrogen-bond donors (Lipinski definition) is 0. The fraction of sp³-hybridized carbons (Fsp3) is 0.143. The molecule has 0 spiro atoms. The first-order valence-corrected chi connectivity index (χ1v) is 8.26. The van der Waals surface area contributed by atoms with E-state index in [4.69, 9.17) is 16.3 Å². The van der Waals surface area contributed by atoms with E-state index in [2.05, 4.69) is 47.8 Å². The van der Waals surface area contributed by atoms with E-state index in [1.807, 2.05) is 36.4 Å². The molecule has 0 amide bonds. The van der Waals surface area contributed by atoms with Gasteiger partial charge in [0.1, 0.15) is 5.75 Å². The summed E-state index contributed by atoms with van der Waals surface area (Å²) in [5.74, 6) is 0.794. The zero-order valence-corrected chi connectivity index (χ0v) is 15.5. The van der Waals surface area contributed by atoms with Crippen molar-refractivity contribution in [1.82, 2.24) is 0 Å². The largest absolute Gasteiger partial charge is 0.496 e. The van der Waals surface area contributed by atoms with Gasteiger partial charge in [-0.1, -0.05) is 37.9 Å². The average Bonchev–Trinajstić information content (AvgIpc) is 2.36. The zero-order chi connectivity index (χ0) is 14.0. The number of methoxy groups -OCH3 is 1. The molecule has 0 radical (unpaired) electrons. The fourth-order valence-electron chi connectivity index (χ4n) is 1.75. The Hall–Kier alpha value is -0.0300. The summed E-state index contributed by atoms with van der Waals surface area (Å²) >= 11 is 17.0. The lowest BCUT2D eigenvalue weighted by molar-refractivity contribution is 0.412. The van der Waals surface area contributed by atoms with Crippen molar-refractivity contribution < 1.29 is 4.74 Å². The van der Waals surface area contributed by atoms with Gasteiger partial charge in [-0.05, 0) is 57.4 Å². The highest BCUT2D eigenvalue weighted by molar-refractivity contribution is 9.11. The standard InChI is InChI=1S/C14H10Br3ClO/c1-19-13-3-2-8(6-12(13)17)14(18)9-4-10(15)7-11(16)5-9/h2-7,14H,1H3. The molecule has 0 aliphatic carbocycles. The third kappa shape index (κ3) is 3.75. The van der Waals surface area contributed by atoms with Gasteiger partial charge in [0.2, 0.25) is 0 Å². The fourth-order valence-corrected chi connectivity index (χ4v) is 3.90. The van der Waals surface area contributed by atoms with Gasteiger partial charge in [-0.2, -0.15) is 0 Å². The van der Waals surface area contributed by atoms with Gasteiger partial charge in [-0.15, -0.1) is 11.6 Å². The van der Waals surface area contributed by atoms with Crippen molar-refractivity contribution in [3.8, 4) is 5.75 Å². The Morgan fingerprint density at radius 2 is 1.58 bits per heavy atom. The second kappa shape index (κ2) is 6.61. The van der Waals surface area contributed by atoms with Crippen LogP contribution in [0.15, 0.2) is 49.8 Å². The summed E-state index contributed by atoms with van der Waals surface area (Å²) in [6, 6.07) is 11.9. The normalized spacial score (nSPS) is 12.3. The Kier molecular flexibility index (Phi) is 5.35. The third-order valence-corrected chi connectivity index (χ3v) is 4.69. The molecule has 0 aliphatic heterocycles. The van der Waals surface area contributed by atoms with E-state index in [9.17, 15) is 0 Å². The molecule has 1 nitrogen and oxygen atoms in total. The molecule has 0 bridgehead atoms. The topological polar surface area (TPSA) is 9.23 Å². The molecule has 0 aromatic heterocycles. The van der Waals surface area contributed by atoms with Crippen LogP contribution in [-0.2, 0) is 0 Å². The summed E-state index contributed by atoms with van der Waals surface area (Å²) in [5.41, 5.74) is 2.04. The van der Waals surface area contributed by atoms with E-state index in [1.165, 1.54) is 0 Å². The smallest absolute Gasteiger partial charge is 0.133 e. The molecule has 2 rings (SSSR count). The predicted octanol–water partition coefficient (Wildman–Crippen LogP) is 6.31. The van der Waals surface area contributed by atoms with Crippen LogP contribution in [0.5, 0.6) is 5.75 Å². The second-order valence-corrected chi connectivity index (χ2v) is 7.08. The van der Waals surface area contributed by atoms with Crippen molar-refractivity contribution in [2.75, 3.05) is 7.11 Å². The first-order chi connectivity index (χ1) is 9.01. The maximum Gasteiger partial charge on any atom is 0.133 e. The molecule has 1 unspecified atom stereocenters. The van der Waals surface area contributed by atoms with Crippen LogP contribution in [0.4, 0.5) is 0 Å². The minimum atomic E-state index is -0.212. The molecule has 1 atom stereocenters. The Morgan fingerprint density at radius 3 is 2.11 bits per heavy atom. The van der Waals surface area contributed by atoms with Gasteiger partial charge in [0.15, 0.2) is 0 Å². The first-order valence-electron chi connectivity index (χ1n) is 5.44. The second-order valence-electron chi connectivity index (χ2n) is 3.96. The molecule has 0 N–H and O–H groups in total. The number of alkyl halides is 1. The number of benzene rings is 2. The van der Waals surface area contributed by atoms with E-state index in [-0.39, 0.29) is 5.38 Å². The summed E-state index contributed by atoms with van der Waals surface area (Å²) in [6.45, 7) is 0. The van der Waals surface area contributed by atoms with Crippen LogP contribution in [0.2, 0.25) is 0 Å². The first kappa shape index (κ1) is 15.4. The van der Waals surface area contributed by atoms with Gasteiger partial charge in [0.05, 0.1) is 17.0 Å². The van der Waals surface area contributed by atoms with Gasteiger partial charge >= 0.3 is 0 Å². The number of halogens is 4. The molecular weight excluding hydrogens is 459 g/mol. The van der Waals surface area contributed by atoms with Gasteiger partial charge in [-0.3, -0.25) is 0 Å². The van der Waals surface area contributed by atoms with Crippen molar-refractivity contribution in [2.45, 2.75) is 5.38 Å². The van der Waals surface area contributed by atoms with Crippen LogP contribution in [-0.4, -0.2) is 7.11 Å². The monoisotopic (exact) mass is 466 g/mol. The minimum absolute atomic E-state index is 0.212. The maximum atomic E-state index is 6.54. The van der Waals surface area contributed by atoms with E-state index < -0.39 is 0 Å². The molecule has 0 fully saturated rings. The summed E-state index contributed by atoms with van der Waals surface area (Å²) in [7, 11) is 1.64. The number of rotatable bonds is 3. The SMILES string of the molecule is COc1ccc(C(Cl)c2cc(Br)cc(Br)c2)cc1Br. The minimum Gasteiger partial charge on any atom is -0.496 e. The van der Waals surface area contributed by atoms with Crippen LogP contribution in [0.1, 0.15) is 16.5 Å². The molecule has 0 saturated carbocycles. The lowest BCUT2D eigenvalue weighted by atomic mass is 10.0. The Bertz CT molecular complexity index is 581. The third-order valence-electron chi connectivity index (χ3n) is 2.65. The summed E-state index contributed by atoms with van der Waals surface area (Å²) in [5, 5.41) is -0.212. The van der Waals surface area contributed by atoms with Crippen LogP contribution in [0.3, 0.4) is 0 Å². The van der Waals surface area contributed by atoms with Gasteiger partial charge in [0.25, 0.3) is 0 Å². The summed E-state index contributed by atoms with van der Waals surface area (Å²) in [6.07, 6.45) is 0. The highest BCUT2D eigenvalue weighted by Crippen LogP contribution is 2.36. The summed E-state index contributed by atoms with van der Waals surface area (Å²) < 4.78 is 8.11. The van der Waals surface area contributed by atoms with Gasteiger partial charge in [-0.25, -0.2) is 0 Å². The zero-order valence-electron chi connectivity index (χ0n) is 9.96. The Labute approximate surface area is 142 Å². The molecule has 100 valence electrons.